The van der Waals surface area contributed by atoms with Crippen LogP contribution in [0.2, 0.25) is 0 Å². The van der Waals surface area contributed by atoms with Crippen molar-refractivity contribution in [3.8, 4) is 11.5 Å². The lowest BCUT2D eigenvalue weighted by molar-refractivity contribution is 0.0831. The molecule has 0 saturated carbocycles. The summed E-state index contributed by atoms with van der Waals surface area (Å²) in [6.07, 6.45) is 4.08. The summed E-state index contributed by atoms with van der Waals surface area (Å²) in [6, 6.07) is 0. The Bertz CT molecular complexity index is 547. The van der Waals surface area contributed by atoms with Crippen molar-refractivity contribution in [2.24, 2.45) is 0 Å². The molecule has 1 aliphatic rings. The maximum atomic E-state index is 10.0. The zero-order chi connectivity index (χ0) is 16.4. The minimum atomic E-state index is -0.0897. The number of allylic oxidation sites excluding steroid dienone is 2. The highest BCUT2D eigenvalue weighted by molar-refractivity contribution is 5.58. The summed E-state index contributed by atoms with van der Waals surface area (Å²) >= 11 is 0. The molecule has 0 radical (unpaired) electrons. The molecule has 118 valence electrons. The van der Waals surface area contributed by atoms with Gasteiger partial charge < -0.3 is 9.84 Å². The highest BCUT2D eigenvalue weighted by atomic mass is 16.5. The predicted octanol–water partition coefficient (Wildman–Crippen LogP) is 5.39. The third kappa shape index (κ3) is 4.03. The molecular weight excluding hydrogens is 260 g/mol. The van der Waals surface area contributed by atoms with Gasteiger partial charge in [-0.05, 0) is 84.9 Å². The Labute approximate surface area is 129 Å². The number of phenols is 1. The van der Waals surface area contributed by atoms with Gasteiger partial charge in [0.2, 0.25) is 0 Å². The summed E-state index contributed by atoms with van der Waals surface area (Å²) in [4.78, 5) is 0. The van der Waals surface area contributed by atoms with Crippen LogP contribution < -0.4 is 4.74 Å². The lowest BCUT2D eigenvalue weighted by atomic mass is 9.88. The van der Waals surface area contributed by atoms with Gasteiger partial charge in [0.25, 0.3) is 0 Å². The fraction of sp³-hybridized carbons (Fsp3) is 0.579. The summed E-state index contributed by atoms with van der Waals surface area (Å²) in [5.41, 5.74) is 5.46. The fourth-order valence-corrected chi connectivity index (χ4v) is 2.36. The summed E-state index contributed by atoms with van der Waals surface area (Å²) in [5, 5.41) is 10.0. The van der Waals surface area contributed by atoms with E-state index in [1.165, 1.54) is 11.1 Å². The largest absolute Gasteiger partial charge is 0.507 e. The standard InChI is InChI=1S/C14H20O2.C5H10/c1-8-9(2)13-11(10(3)12(8)15)6-7-14(4,5)16-13;1-4-5(2)3/h15H,6-7H2,1-5H3;4H,1-3H3. The summed E-state index contributed by atoms with van der Waals surface area (Å²) in [7, 11) is 0. The first kappa shape index (κ1) is 17.6. The van der Waals surface area contributed by atoms with Crippen molar-refractivity contribution in [1.82, 2.24) is 0 Å². The Morgan fingerprint density at radius 3 is 2.10 bits per heavy atom. The quantitative estimate of drug-likeness (QED) is 0.649. The van der Waals surface area contributed by atoms with Crippen LogP contribution in [0.5, 0.6) is 11.5 Å². The van der Waals surface area contributed by atoms with Crippen LogP contribution >= 0.6 is 0 Å². The number of rotatable bonds is 0. The number of benzene rings is 1. The smallest absolute Gasteiger partial charge is 0.127 e. The first-order chi connectivity index (χ1) is 9.60. The number of phenolic OH excluding ortho intramolecular Hbond substituents is 1. The molecule has 0 unspecified atom stereocenters. The van der Waals surface area contributed by atoms with Gasteiger partial charge in [-0.2, -0.15) is 0 Å². The third-order valence-electron chi connectivity index (χ3n) is 4.27. The summed E-state index contributed by atoms with van der Waals surface area (Å²) in [6.45, 7) is 16.4. The number of hydrogen-bond acceptors (Lipinski definition) is 2. The van der Waals surface area contributed by atoms with Gasteiger partial charge in [-0.3, -0.25) is 0 Å². The van der Waals surface area contributed by atoms with Gasteiger partial charge in [-0.1, -0.05) is 11.6 Å². The molecule has 2 nitrogen and oxygen atoms in total. The second-order valence-electron chi connectivity index (χ2n) is 6.76. The van der Waals surface area contributed by atoms with Gasteiger partial charge >= 0.3 is 0 Å². The Balaban J connectivity index is 0.000000383. The number of ether oxygens (including phenoxy) is 1. The molecule has 1 heterocycles. The summed E-state index contributed by atoms with van der Waals surface area (Å²) < 4.78 is 6.06. The van der Waals surface area contributed by atoms with E-state index in [1.54, 1.807) is 0 Å². The maximum Gasteiger partial charge on any atom is 0.127 e. The molecule has 1 aromatic rings. The van der Waals surface area contributed by atoms with Crippen molar-refractivity contribution in [3.63, 3.8) is 0 Å². The Morgan fingerprint density at radius 2 is 1.62 bits per heavy atom. The van der Waals surface area contributed by atoms with Crippen LogP contribution in [0.1, 0.15) is 63.3 Å². The monoisotopic (exact) mass is 290 g/mol. The Kier molecular flexibility index (Phi) is 5.49. The molecule has 0 aliphatic carbocycles. The third-order valence-corrected chi connectivity index (χ3v) is 4.27. The molecular formula is C19H30O2. The molecule has 1 N–H and O–H groups in total. The topological polar surface area (TPSA) is 29.5 Å². The molecule has 0 amide bonds. The summed E-state index contributed by atoms with van der Waals surface area (Å²) in [5.74, 6) is 1.42. The Hall–Kier alpha value is -1.44. The minimum absolute atomic E-state index is 0.0897. The van der Waals surface area contributed by atoms with Crippen molar-refractivity contribution in [3.05, 3.63) is 33.9 Å². The van der Waals surface area contributed by atoms with E-state index in [4.69, 9.17) is 4.74 Å². The first-order valence-electron chi connectivity index (χ1n) is 7.70. The van der Waals surface area contributed by atoms with E-state index >= 15 is 0 Å². The van der Waals surface area contributed by atoms with Crippen LogP contribution in [-0.4, -0.2) is 10.7 Å². The van der Waals surface area contributed by atoms with Gasteiger partial charge in [-0.25, -0.2) is 0 Å². The van der Waals surface area contributed by atoms with E-state index in [0.29, 0.717) is 5.75 Å². The molecule has 2 heteroatoms. The van der Waals surface area contributed by atoms with Crippen molar-refractivity contribution in [2.45, 2.75) is 73.8 Å². The minimum Gasteiger partial charge on any atom is -0.507 e. The highest BCUT2D eigenvalue weighted by Gasteiger charge is 2.30. The molecule has 21 heavy (non-hydrogen) atoms. The molecule has 0 atom stereocenters. The van der Waals surface area contributed by atoms with Gasteiger partial charge in [0.15, 0.2) is 0 Å². The van der Waals surface area contributed by atoms with E-state index < -0.39 is 0 Å². The van der Waals surface area contributed by atoms with Gasteiger partial charge in [0.05, 0.1) is 0 Å². The molecule has 0 aromatic heterocycles. The SMILES string of the molecule is CC=C(C)C.Cc1c(C)c2c(c(C)c1O)CCC(C)(C)O2. The van der Waals surface area contributed by atoms with Gasteiger partial charge in [0.1, 0.15) is 17.1 Å². The normalized spacial score (nSPS) is 15.2. The highest BCUT2D eigenvalue weighted by Crippen LogP contribution is 2.42. The Morgan fingerprint density at radius 1 is 1.10 bits per heavy atom. The number of fused-ring (bicyclic) bond motifs is 1. The average Bonchev–Trinajstić information content (AvgIpc) is 2.42. The molecule has 1 aliphatic heterocycles. The molecule has 2 rings (SSSR count). The van der Waals surface area contributed by atoms with E-state index in [0.717, 1.165) is 35.3 Å². The van der Waals surface area contributed by atoms with Crippen molar-refractivity contribution >= 4 is 0 Å². The van der Waals surface area contributed by atoms with Crippen LogP contribution in [0.15, 0.2) is 11.6 Å². The first-order valence-corrected chi connectivity index (χ1v) is 7.70. The van der Waals surface area contributed by atoms with E-state index in [2.05, 4.69) is 33.8 Å². The van der Waals surface area contributed by atoms with Crippen molar-refractivity contribution in [1.29, 1.82) is 0 Å². The average molecular weight is 290 g/mol. The van der Waals surface area contributed by atoms with Crippen LogP contribution in [0.3, 0.4) is 0 Å². The van der Waals surface area contributed by atoms with Crippen LogP contribution in [0.25, 0.3) is 0 Å². The molecule has 0 fully saturated rings. The number of aromatic hydroxyl groups is 1. The zero-order valence-corrected chi connectivity index (χ0v) is 14.8. The van der Waals surface area contributed by atoms with Crippen LogP contribution in [0.4, 0.5) is 0 Å². The van der Waals surface area contributed by atoms with Crippen LogP contribution in [-0.2, 0) is 6.42 Å². The lowest BCUT2D eigenvalue weighted by Crippen LogP contribution is -2.33. The van der Waals surface area contributed by atoms with E-state index in [9.17, 15) is 5.11 Å². The van der Waals surface area contributed by atoms with Crippen LogP contribution in [0, 0.1) is 20.8 Å². The van der Waals surface area contributed by atoms with Crippen molar-refractivity contribution in [2.75, 3.05) is 0 Å². The van der Waals surface area contributed by atoms with E-state index in [-0.39, 0.29) is 5.60 Å². The second kappa shape index (κ2) is 6.55. The predicted molar refractivity (Wildman–Crippen MR) is 90.5 cm³/mol. The number of hydrogen-bond donors (Lipinski definition) is 1. The molecule has 1 aromatic carbocycles. The van der Waals surface area contributed by atoms with Gasteiger partial charge in [0, 0.05) is 5.56 Å². The zero-order valence-electron chi connectivity index (χ0n) is 14.8. The lowest BCUT2D eigenvalue weighted by Gasteiger charge is -2.35. The fourth-order valence-electron chi connectivity index (χ4n) is 2.36. The molecule has 0 saturated heterocycles. The second-order valence-corrected chi connectivity index (χ2v) is 6.76. The maximum absolute atomic E-state index is 10.0. The molecule has 0 spiro atoms. The van der Waals surface area contributed by atoms with E-state index in [1.807, 2.05) is 27.7 Å². The van der Waals surface area contributed by atoms with Crippen molar-refractivity contribution < 1.29 is 9.84 Å². The molecule has 0 bridgehead atoms. The van der Waals surface area contributed by atoms with Gasteiger partial charge in [-0.15, -0.1) is 0 Å².